The molecule has 2 N–H and O–H groups in total. The highest BCUT2D eigenvalue weighted by atomic mass is 16.5. The Balaban J connectivity index is 1.89. The molecule has 0 aliphatic carbocycles. The molecule has 140 valence electrons. The molecule has 1 heterocycles. The second-order valence-corrected chi connectivity index (χ2v) is 5.90. The first-order valence-electron chi connectivity index (χ1n) is 8.23. The van der Waals surface area contributed by atoms with Gasteiger partial charge in [0.05, 0.1) is 19.8 Å². The highest BCUT2D eigenvalue weighted by Crippen LogP contribution is 2.27. The number of methoxy groups -OCH3 is 2. The zero-order chi connectivity index (χ0) is 18.9. The number of aromatic nitrogens is 2. The molecule has 8 nitrogen and oxygen atoms in total. The fourth-order valence-electron chi connectivity index (χ4n) is 2.20. The number of hydrogen-bond acceptors (Lipinski definition) is 7. The molecule has 0 fully saturated rings. The van der Waals surface area contributed by atoms with E-state index in [0.717, 1.165) is 18.7 Å². The zero-order valence-electron chi connectivity index (χ0n) is 15.6. The maximum atomic E-state index is 12.2. The maximum absolute atomic E-state index is 12.2. The Bertz CT molecular complexity index is 719. The lowest BCUT2D eigenvalue weighted by Crippen LogP contribution is -2.24. The van der Waals surface area contributed by atoms with Crippen molar-refractivity contribution in [3.63, 3.8) is 0 Å². The molecule has 0 unspecified atom stereocenters. The van der Waals surface area contributed by atoms with E-state index in [1.165, 1.54) is 12.4 Å². The number of nitrogens with zero attached hydrogens (tertiary/aromatic N) is 3. The van der Waals surface area contributed by atoms with Crippen molar-refractivity contribution in [2.75, 3.05) is 46.7 Å². The van der Waals surface area contributed by atoms with E-state index in [4.69, 9.17) is 9.47 Å². The van der Waals surface area contributed by atoms with Crippen LogP contribution in [-0.2, 0) is 6.54 Å². The Morgan fingerprint density at radius 3 is 2.42 bits per heavy atom. The molecule has 2 aromatic rings. The van der Waals surface area contributed by atoms with Crippen LogP contribution in [0.15, 0.2) is 30.6 Å². The van der Waals surface area contributed by atoms with Gasteiger partial charge in [0.2, 0.25) is 5.95 Å². The quantitative estimate of drug-likeness (QED) is 0.699. The van der Waals surface area contributed by atoms with E-state index in [1.807, 2.05) is 26.2 Å². The van der Waals surface area contributed by atoms with Crippen LogP contribution in [0.5, 0.6) is 11.5 Å². The van der Waals surface area contributed by atoms with Gasteiger partial charge in [-0.25, -0.2) is 9.97 Å². The fourth-order valence-corrected chi connectivity index (χ4v) is 2.20. The largest absolute Gasteiger partial charge is 0.493 e. The van der Waals surface area contributed by atoms with Gasteiger partial charge in [0.1, 0.15) is 0 Å². The molecule has 0 saturated carbocycles. The Morgan fingerprint density at radius 2 is 1.81 bits per heavy atom. The SMILES string of the molecule is COc1ccc(CNC(=O)c2cnc(NCCN(C)C)nc2)cc1OC. The summed E-state index contributed by atoms with van der Waals surface area (Å²) < 4.78 is 10.5. The molecule has 8 heteroatoms. The summed E-state index contributed by atoms with van der Waals surface area (Å²) in [5.74, 6) is 1.53. The summed E-state index contributed by atoms with van der Waals surface area (Å²) in [6.45, 7) is 1.97. The summed E-state index contributed by atoms with van der Waals surface area (Å²) in [6.07, 6.45) is 3.02. The number of anilines is 1. The minimum atomic E-state index is -0.236. The average Bonchev–Trinajstić information content (AvgIpc) is 2.66. The van der Waals surface area contributed by atoms with Crippen LogP contribution in [0.25, 0.3) is 0 Å². The van der Waals surface area contributed by atoms with E-state index < -0.39 is 0 Å². The van der Waals surface area contributed by atoms with Crippen LogP contribution >= 0.6 is 0 Å². The van der Waals surface area contributed by atoms with Crippen LogP contribution < -0.4 is 20.1 Å². The molecular weight excluding hydrogens is 334 g/mol. The summed E-state index contributed by atoms with van der Waals surface area (Å²) in [6, 6.07) is 5.50. The van der Waals surface area contributed by atoms with Gasteiger partial charge >= 0.3 is 0 Å². The van der Waals surface area contributed by atoms with E-state index in [2.05, 4.69) is 25.5 Å². The maximum Gasteiger partial charge on any atom is 0.254 e. The number of likely N-dealkylation sites (N-methyl/N-ethyl adjacent to an activating group) is 1. The minimum Gasteiger partial charge on any atom is -0.493 e. The third kappa shape index (κ3) is 5.59. The molecule has 0 saturated heterocycles. The fraction of sp³-hybridized carbons (Fsp3) is 0.389. The van der Waals surface area contributed by atoms with Crippen molar-refractivity contribution in [1.82, 2.24) is 20.2 Å². The smallest absolute Gasteiger partial charge is 0.254 e. The van der Waals surface area contributed by atoms with Crippen molar-refractivity contribution in [2.45, 2.75) is 6.54 Å². The molecule has 0 aliphatic heterocycles. The van der Waals surface area contributed by atoms with Crippen molar-refractivity contribution in [3.8, 4) is 11.5 Å². The Labute approximate surface area is 153 Å². The van der Waals surface area contributed by atoms with Gasteiger partial charge in [0, 0.05) is 32.0 Å². The van der Waals surface area contributed by atoms with Gasteiger partial charge in [-0.3, -0.25) is 4.79 Å². The van der Waals surface area contributed by atoms with Crippen LogP contribution in [0.4, 0.5) is 5.95 Å². The molecule has 1 amide bonds. The molecule has 0 atom stereocenters. The Morgan fingerprint density at radius 1 is 1.12 bits per heavy atom. The van der Waals surface area contributed by atoms with Crippen LogP contribution in [0.3, 0.4) is 0 Å². The molecule has 0 bridgehead atoms. The van der Waals surface area contributed by atoms with Crippen LogP contribution in [0.2, 0.25) is 0 Å². The Hall–Kier alpha value is -2.87. The van der Waals surface area contributed by atoms with Crippen molar-refractivity contribution in [3.05, 3.63) is 41.7 Å². The first kappa shape index (κ1) is 19.5. The van der Waals surface area contributed by atoms with Crippen LogP contribution in [-0.4, -0.2) is 62.2 Å². The van der Waals surface area contributed by atoms with E-state index in [9.17, 15) is 4.79 Å². The summed E-state index contributed by atoms with van der Waals surface area (Å²) >= 11 is 0. The van der Waals surface area contributed by atoms with E-state index in [-0.39, 0.29) is 5.91 Å². The van der Waals surface area contributed by atoms with Crippen molar-refractivity contribution in [1.29, 1.82) is 0 Å². The lowest BCUT2D eigenvalue weighted by Gasteiger charge is -2.11. The molecular formula is C18H25N5O3. The third-order valence-corrected chi connectivity index (χ3v) is 3.66. The lowest BCUT2D eigenvalue weighted by molar-refractivity contribution is 0.0950. The Kier molecular flexibility index (Phi) is 7.16. The van der Waals surface area contributed by atoms with E-state index in [0.29, 0.717) is 29.6 Å². The van der Waals surface area contributed by atoms with Gasteiger partial charge in [-0.2, -0.15) is 0 Å². The molecule has 0 radical (unpaired) electrons. The van der Waals surface area contributed by atoms with Gasteiger partial charge in [-0.05, 0) is 31.8 Å². The number of rotatable bonds is 9. The normalized spacial score (nSPS) is 10.5. The number of carbonyl (C=O) groups is 1. The molecule has 0 spiro atoms. The predicted octanol–water partition coefficient (Wildman–Crippen LogP) is 1.40. The first-order chi connectivity index (χ1) is 12.5. The first-order valence-corrected chi connectivity index (χ1v) is 8.23. The molecule has 0 aliphatic rings. The highest BCUT2D eigenvalue weighted by molar-refractivity contribution is 5.93. The van der Waals surface area contributed by atoms with Gasteiger partial charge in [-0.1, -0.05) is 6.07 Å². The van der Waals surface area contributed by atoms with E-state index in [1.54, 1.807) is 20.3 Å². The number of ether oxygens (including phenoxy) is 2. The van der Waals surface area contributed by atoms with Gasteiger partial charge in [0.15, 0.2) is 11.5 Å². The van der Waals surface area contributed by atoms with Gasteiger partial charge in [0.25, 0.3) is 5.91 Å². The van der Waals surface area contributed by atoms with Crippen molar-refractivity contribution in [2.24, 2.45) is 0 Å². The van der Waals surface area contributed by atoms with Gasteiger partial charge in [-0.15, -0.1) is 0 Å². The van der Waals surface area contributed by atoms with Crippen molar-refractivity contribution < 1.29 is 14.3 Å². The standard InChI is InChI=1S/C18H25N5O3/c1-23(2)8-7-19-18-21-11-14(12-22-18)17(24)20-10-13-5-6-15(25-3)16(9-13)26-4/h5-6,9,11-12H,7-8,10H2,1-4H3,(H,20,24)(H,19,21,22). The second kappa shape index (κ2) is 9.57. The van der Waals surface area contributed by atoms with Crippen molar-refractivity contribution >= 4 is 11.9 Å². The molecule has 1 aromatic heterocycles. The summed E-state index contributed by atoms with van der Waals surface area (Å²) in [5.41, 5.74) is 1.31. The highest BCUT2D eigenvalue weighted by Gasteiger charge is 2.09. The number of benzene rings is 1. The molecule has 1 aromatic carbocycles. The van der Waals surface area contributed by atoms with E-state index >= 15 is 0 Å². The summed E-state index contributed by atoms with van der Waals surface area (Å²) in [4.78, 5) is 22.6. The second-order valence-electron chi connectivity index (χ2n) is 5.90. The minimum absolute atomic E-state index is 0.236. The average molecular weight is 359 g/mol. The summed E-state index contributed by atoms with van der Waals surface area (Å²) in [7, 11) is 7.15. The zero-order valence-corrected chi connectivity index (χ0v) is 15.6. The third-order valence-electron chi connectivity index (χ3n) is 3.66. The monoisotopic (exact) mass is 359 g/mol. The number of nitrogens with one attached hydrogen (secondary N) is 2. The van der Waals surface area contributed by atoms with Crippen LogP contribution in [0, 0.1) is 0 Å². The number of carbonyl (C=O) groups excluding carboxylic acids is 1. The van der Waals surface area contributed by atoms with Gasteiger partial charge < -0.3 is 25.0 Å². The van der Waals surface area contributed by atoms with Crippen LogP contribution in [0.1, 0.15) is 15.9 Å². The molecule has 2 rings (SSSR count). The summed E-state index contributed by atoms with van der Waals surface area (Å²) in [5, 5.41) is 5.94. The lowest BCUT2D eigenvalue weighted by atomic mass is 10.2. The molecule has 26 heavy (non-hydrogen) atoms. The predicted molar refractivity (Wildman–Crippen MR) is 99.8 cm³/mol. The number of amides is 1. The topological polar surface area (TPSA) is 88.6 Å². The number of hydrogen-bond donors (Lipinski definition) is 2.